The molecule has 0 spiro atoms. The van der Waals surface area contributed by atoms with E-state index < -0.39 is 10.2 Å². The van der Waals surface area contributed by atoms with E-state index in [1.54, 1.807) is 0 Å². The highest BCUT2D eigenvalue weighted by Crippen LogP contribution is 2.14. The lowest BCUT2D eigenvalue weighted by Crippen LogP contribution is -2.46. The Morgan fingerprint density at radius 1 is 0.846 bits per heavy atom. The number of hydrogen-bond donors (Lipinski definition) is 1. The van der Waals surface area contributed by atoms with E-state index in [0.717, 1.165) is 11.1 Å². The molecule has 0 bridgehead atoms. The lowest BCUT2D eigenvalue weighted by atomic mass is 10.1. The van der Waals surface area contributed by atoms with E-state index in [-0.39, 0.29) is 12.4 Å². The zero-order valence-corrected chi connectivity index (χ0v) is 16.8. The van der Waals surface area contributed by atoms with Crippen molar-refractivity contribution in [3.05, 3.63) is 71.8 Å². The fourth-order valence-corrected chi connectivity index (χ4v) is 4.32. The minimum absolute atomic E-state index is 0. The molecule has 0 fully saturated rings. The fraction of sp³-hybridized carbons (Fsp3) is 0.368. The summed E-state index contributed by atoms with van der Waals surface area (Å²) in [7, 11) is -3.56. The lowest BCUT2D eigenvalue weighted by Gasteiger charge is -2.29. The van der Waals surface area contributed by atoms with Crippen LogP contribution in [0.3, 0.4) is 0 Å². The molecule has 0 aromatic heterocycles. The number of benzene rings is 2. The molecule has 0 radical (unpaired) electrons. The molecule has 0 heterocycles. The quantitative estimate of drug-likeness (QED) is 0.670. The molecule has 2 aromatic carbocycles. The van der Waals surface area contributed by atoms with E-state index in [1.165, 1.54) is 8.61 Å². The molecule has 2 N–H and O–H groups in total. The summed E-state index contributed by atoms with van der Waals surface area (Å²) in [6.07, 6.45) is 0.670. The third kappa shape index (κ3) is 6.37. The fourth-order valence-electron chi connectivity index (χ4n) is 2.69. The van der Waals surface area contributed by atoms with Crippen molar-refractivity contribution in [3.8, 4) is 0 Å². The van der Waals surface area contributed by atoms with Crippen molar-refractivity contribution in [1.29, 1.82) is 0 Å². The number of halogens is 1. The predicted octanol–water partition coefficient (Wildman–Crippen LogP) is 2.68. The van der Waals surface area contributed by atoms with E-state index >= 15 is 0 Å². The van der Waals surface area contributed by atoms with Crippen LogP contribution in [0, 0.1) is 0 Å². The van der Waals surface area contributed by atoms with Gasteiger partial charge in [0.05, 0.1) is 0 Å². The Kier molecular flexibility index (Phi) is 9.83. The third-order valence-corrected chi connectivity index (χ3v) is 6.14. The standard InChI is InChI=1S/C19H27N3O2S.ClH/c1-2-21(17-19-11-7-4-8-12-19)25(23,24)22(16-14-20)15-13-18-9-5-3-6-10-18;/h3-12H,2,13-17,20H2,1H3;1H. The van der Waals surface area contributed by atoms with Gasteiger partial charge >= 0.3 is 0 Å². The minimum atomic E-state index is -3.56. The van der Waals surface area contributed by atoms with Gasteiger partial charge in [0.15, 0.2) is 0 Å². The van der Waals surface area contributed by atoms with Gasteiger partial charge in [-0.1, -0.05) is 67.6 Å². The maximum absolute atomic E-state index is 13.1. The molecule has 0 atom stereocenters. The van der Waals surface area contributed by atoms with Gasteiger partial charge < -0.3 is 5.73 Å². The summed E-state index contributed by atoms with van der Waals surface area (Å²) >= 11 is 0. The average Bonchev–Trinajstić information content (AvgIpc) is 2.64. The first-order chi connectivity index (χ1) is 12.1. The molecule has 0 aliphatic rings. The zero-order chi connectivity index (χ0) is 18.1. The first kappa shape index (κ1) is 22.6. The van der Waals surface area contributed by atoms with Crippen LogP contribution in [0.25, 0.3) is 0 Å². The first-order valence-electron chi connectivity index (χ1n) is 8.61. The highest BCUT2D eigenvalue weighted by molar-refractivity contribution is 7.86. The second-order valence-electron chi connectivity index (χ2n) is 5.84. The summed E-state index contributed by atoms with van der Waals surface area (Å²) < 4.78 is 29.1. The van der Waals surface area contributed by atoms with Crippen LogP contribution >= 0.6 is 12.4 Å². The highest BCUT2D eigenvalue weighted by atomic mass is 35.5. The Labute approximate surface area is 163 Å². The van der Waals surface area contributed by atoms with Gasteiger partial charge in [-0.3, -0.25) is 0 Å². The summed E-state index contributed by atoms with van der Waals surface area (Å²) in [4.78, 5) is 0. The molecule has 5 nitrogen and oxygen atoms in total. The molecular weight excluding hydrogens is 370 g/mol. The second kappa shape index (κ2) is 11.3. The highest BCUT2D eigenvalue weighted by Gasteiger charge is 2.28. The van der Waals surface area contributed by atoms with E-state index in [4.69, 9.17) is 5.73 Å². The molecule has 0 aliphatic heterocycles. The second-order valence-corrected chi connectivity index (χ2v) is 7.77. The maximum Gasteiger partial charge on any atom is 0.282 e. The van der Waals surface area contributed by atoms with Crippen LogP contribution in [0.1, 0.15) is 18.1 Å². The first-order valence-corrected chi connectivity index (χ1v) is 10.0. The monoisotopic (exact) mass is 397 g/mol. The third-order valence-electron chi connectivity index (χ3n) is 4.08. The summed E-state index contributed by atoms with van der Waals surface area (Å²) in [5, 5.41) is 0. The Hall–Kier alpha value is -1.44. The van der Waals surface area contributed by atoms with E-state index in [0.29, 0.717) is 39.1 Å². The van der Waals surface area contributed by atoms with E-state index in [1.807, 2.05) is 67.6 Å². The summed E-state index contributed by atoms with van der Waals surface area (Å²) in [6.45, 7) is 3.69. The normalized spacial score (nSPS) is 11.5. The SMILES string of the molecule is CCN(Cc1ccccc1)S(=O)(=O)N(CCN)CCc1ccccc1.Cl. The molecule has 144 valence electrons. The van der Waals surface area contributed by atoms with Crippen molar-refractivity contribution in [2.45, 2.75) is 19.9 Å². The molecule has 2 aromatic rings. The number of hydrogen-bond acceptors (Lipinski definition) is 3. The van der Waals surface area contributed by atoms with Gasteiger partial charge in [0.25, 0.3) is 10.2 Å². The molecule has 0 saturated carbocycles. The number of nitrogens with zero attached hydrogens (tertiary/aromatic N) is 2. The van der Waals surface area contributed by atoms with E-state index in [9.17, 15) is 8.42 Å². The van der Waals surface area contributed by atoms with Gasteiger partial charge in [0.2, 0.25) is 0 Å². The lowest BCUT2D eigenvalue weighted by molar-refractivity contribution is 0.343. The molecule has 0 amide bonds. The van der Waals surface area contributed by atoms with Crippen molar-refractivity contribution in [1.82, 2.24) is 8.61 Å². The van der Waals surface area contributed by atoms with Crippen molar-refractivity contribution in [2.24, 2.45) is 5.73 Å². The largest absolute Gasteiger partial charge is 0.329 e. The smallest absolute Gasteiger partial charge is 0.282 e. The van der Waals surface area contributed by atoms with Crippen molar-refractivity contribution >= 4 is 22.6 Å². The van der Waals surface area contributed by atoms with Crippen LogP contribution < -0.4 is 5.73 Å². The zero-order valence-electron chi connectivity index (χ0n) is 15.1. The minimum Gasteiger partial charge on any atom is -0.329 e. The van der Waals surface area contributed by atoms with Crippen molar-refractivity contribution in [2.75, 3.05) is 26.2 Å². The van der Waals surface area contributed by atoms with Gasteiger partial charge in [-0.05, 0) is 17.5 Å². The van der Waals surface area contributed by atoms with Crippen LogP contribution in [0.4, 0.5) is 0 Å². The van der Waals surface area contributed by atoms with Gasteiger partial charge in [-0.25, -0.2) is 0 Å². The summed E-state index contributed by atoms with van der Waals surface area (Å²) in [5.41, 5.74) is 7.76. The van der Waals surface area contributed by atoms with Crippen LogP contribution in [-0.2, 0) is 23.2 Å². The van der Waals surface area contributed by atoms with Crippen LogP contribution in [0.15, 0.2) is 60.7 Å². The maximum atomic E-state index is 13.1. The topological polar surface area (TPSA) is 66.6 Å². The molecule has 2 rings (SSSR count). The Morgan fingerprint density at radius 3 is 1.88 bits per heavy atom. The van der Waals surface area contributed by atoms with Crippen LogP contribution in [-0.4, -0.2) is 43.2 Å². The summed E-state index contributed by atoms with van der Waals surface area (Å²) in [5.74, 6) is 0. The molecular formula is C19H28ClN3O2S. The molecule has 0 aliphatic carbocycles. The van der Waals surface area contributed by atoms with Crippen LogP contribution in [0.5, 0.6) is 0 Å². The Bertz CT molecular complexity index is 727. The molecule has 26 heavy (non-hydrogen) atoms. The Balaban J connectivity index is 0.00000338. The van der Waals surface area contributed by atoms with Crippen molar-refractivity contribution < 1.29 is 8.42 Å². The van der Waals surface area contributed by atoms with Gasteiger partial charge in [-0.2, -0.15) is 17.0 Å². The molecule has 7 heteroatoms. The van der Waals surface area contributed by atoms with Gasteiger partial charge in [0.1, 0.15) is 0 Å². The summed E-state index contributed by atoms with van der Waals surface area (Å²) in [6, 6.07) is 19.5. The van der Waals surface area contributed by atoms with Crippen LogP contribution in [0.2, 0.25) is 0 Å². The number of nitrogens with two attached hydrogens (primary N) is 1. The predicted molar refractivity (Wildman–Crippen MR) is 109 cm³/mol. The number of rotatable bonds is 10. The van der Waals surface area contributed by atoms with E-state index in [2.05, 4.69) is 0 Å². The Morgan fingerprint density at radius 2 is 1.38 bits per heavy atom. The van der Waals surface area contributed by atoms with Crippen molar-refractivity contribution in [3.63, 3.8) is 0 Å². The molecule has 0 saturated heterocycles. The van der Waals surface area contributed by atoms with Gasteiger partial charge in [0, 0.05) is 32.7 Å². The molecule has 0 unspecified atom stereocenters. The van der Waals surface area contributed by atoms with Gasteiger partial charge in [-0.15, -0.1) is 12.4 Å². The average molecular weight is 398 g/mol.